The summed E-state index contributed by atoms with van der Waals surface area (Å²) < 4.78 is 1.18. The lowest BCUT2D eigenvalue weighted by Crippen LogP contribution is -2.35. The van der Waals surface area contributed by atoms with E-state index in [0.29, 0.717) is 5.69 Å². The van der Waals surface area contributed by atoms with E-state index in [1.54, 1.807) is 12.1 Å². The lowest BCUT2D eigenvalue weighted by molar-refractivity contribution is -0.140. The molecule has 0 saturated heterocycles. The van der Waals surface area contributed by atoms with Crippen molar-refractivity contribution in [2.24, 2.45) is 0 Å². The van der Waals surface area contributed by atoms with Crippen LogP contribution in [0.15, 0.2) is 16.9 Å². The Labute approximate surface area is 105 Å². The van der Waals surface area contributed by atoms with Crippen LogP contribution in [0, 0.1) is 11.3 Å². The van der Waals surface area contributed by atoms with Crippen LogP contribution in [0.4, 0.5) is 0 Å². The number of pyridine rings is 1. The Morgan fingerprint density at radius 1 is 1.44 bits per heavy atom. The third-order valence-electron chi connectivity index (χ3n) is 2.75. The molecule has 1 atom stereocenters. The van der Waals surface area contributed by atoms with Crippen LogP contribution in [0.1, 0.15) is 45.0 Å². The largest absolute Gasteiger partial charge is 0.480 e. The van der Waals surface area contributed by atoms with E-state index in [1.165, 1.54) is 17.6 Å². The molecular formula is C13H16N2O3. The molecule has 18 heavy (non-hydrogen) atoms. The van der Waals surface area contributed by atoms with Crippen molar-refractivity contribution < 1.29 is 9.90 Å². The van der Waals surface area contributed by atoms with Crippen LogP contribution in [0.5, 0.6) is 0 Å². The Hall–Kier alpha value is -2.09. The number of hydrogen-bond donors (Lipinski definition) is 1. The molecule has 5 nitrogen and oxygen atoms in total. The number of hydrogen-bond acceptors (Lipinski definition) is 3. The highest BCUT2D eigenvalue weighted by Gasteiger charge is 2.25. The molecule has 0 aliphatic rings. The smallest absolute Gasteiger partial charge is 0.326 e. The van der Waals surface area contributed by atoms with E-state index >= 15 is 0 Å². The number of aliphatic carboxylic acids is 1. The first-order chi connectivity index (χ1) is 8.20. The van der Waals surface area contributed by atoms with Crippen molar-refractivity contribution in [3.05, 3.63) is 33.7 Å². The van der Waals surface area contributed by atoms with Crippen molar-refractivity contribution in [1.29, 1.82) is 5.26 Å². The summed E-state index contributed by atoms with van der Waals surface area (Å²) in [6.07, 6.45) is 0. The summed E-state index contributed by atoms with van der Waals surface area (Å²) >= 11 is 0. The van der Waals surface area contributed by atoms with Gasteiger partial charge >= 0.3 is 5.97 Å². The third kappa shape index (κ3) is 2.43. The van der Waals surface area contributed by atoms with Gasteiger partial charge in [0.15, 0.2) is 0 Å². The summed E-state index contributed by atoms with van der Waals surface area (Å²) in [5.41, 5.74) is -0.381. The van der Waals surface area contributed by atoms with Gasteiger partial charge in [-0.3, -0.25) is 9.36 Å². The average molecular weight is 248 g/mol. The maximum absolute atomic E-state index is 12.1. The first-order valence-electron chi connectivity index (χ1n) is 5.59. The fourth-order valence-electron chi connectivity index (χ4n) is 1.74. The van der Waals surface area contributed by atoms with Crippen LogP contribution in [0.2, 0.25) is 0 Å². The van der Waals surface area contributed by atoms with Gasteiger partial charge in [0.05, 0.1) is 0 Å². The summed E-state index contributed by atoms with van der Waals surface area (Å²) in [5, 5.41) is 17.9. The minimum Gasteiger partial charge on any atom is -0.480 e. The van der Waals surface area contributed by atoms with E-state index in [9.17, 15) is 9.59 Å². The zero-order valence-electron chi connectivity index (χ0n) is 10.9. The highest BCUT2D eigenvalue weighted by atomic mass is 16.4. The molecule has 1 aromatic heterocycles. The molecule has 1 aromatic rings. The highest BCUT2D eigenvalue weighted by molar-refractivity contribution is 5.71. The second kappa shape index (κ2) is 4.65. The van der Waals surface area contributed by atoms with E-state index in [1.807, 2.05) is 20.8 Å². The highest BCUT2D eigenvalue weighted by Crippen LogP contribution is 2.23. The molecule has 0 saturated carbocycles. The number of carboxylic acids is 1. The number of carbonyl (C=O) groups is 1. The first-order valence-corrected chi connectivity index (χ1v) is 5.59. The number of aromatic nitrogens is 1. The van der Waals surface area contributed by atoms with Crippen LogP contribution in [0.3, 0.4) is 0 Å². The molecule has 1 unspecified atom stereocenters. The molecule has 0 radical (unpaired) electrons. The molecule has 1 N–H and O–H groups in total. The van der Waals surface area contributed by atoms with Crippen molar-refractivity contribution in [2.45, 2.75) is 39.2 Å². The maximum Gasteiger partial charge on any atom is 0.326 e. The molecule has 0 fully saturated rings. The molecule has 0 aliphatic heterocycles. The standard InChI is InChI=1S/C13H16N2O3/c1-8(12(17)18)15-10(13(2,3)4)6-5-9(7-14)11(15)16/h5-6,8H,1-4H3,(H,17,18). The van der Waals surface area contributed by atoms with E-state index in [-0.39, 0.29) is 11.0 Å². The van der Waals surface area contributed by atoms with Crippen molar-refractivity contribution >= 4 is 5.97 Å². The number of nitrogens with zero attached hydrogens (tertiary/aromatic N) is 2. The summed E-state index contributed by atoms with van der Waals surface area (Å²) in [6, 6.07) is 3.86. The number of nitriles is 1. The SMILES string of the molecule is CC(C(=O)O)n1c(C(C)(C)C)ccc(C#N)c1=O. The molecule has 0 bridgehead atoms. The molecule has 96 valence electrons. The second-order valence-electron chi connectivity index (χ2n) is 5.18. The molecule has 0 amide bonds. The molecule has 0 spiro atoms. The lowest BCUT2D eigenvalue weighted by Gasteiger charge is -2.26. The van der Waals surface area contributed by atoms with Crippen LogP contribution < -0.4 is 5.56 Å². The zero-order chi connectivity index (χ0) is 14.1. The maximum atomic E-state index is 12.1. The Morgan fingerprint density at radius 2 is 2.00 bits per heavy atom. The van der Waals surface area contributed by atoms with Crippen LogP contribution in [0.25, 0.3) is 0 Å². The first kappa shape index (κ1) is 14.0. The second-order valence-corrected chi connectivity index (χ2v) is 5.18. The van der Waals surface area contributed by atoms with Crippen LogP contribution >= 0.6 is 0 Å². The van der Waals surface area contributed by atoms with Crippen molar-refractivity contribution in [3.63, 3.8) is 0 Å². The predicted molar refractivity (Wildman–Crippen MR) is 66.5 cm³/mol. The van der Waals surface area contributed by atoms with Gasteiger partial charge in [-0.1, -0.05) is 20.8 Å². The van der Waals surface area contributed by atoms with Gasteiger partial charge < -0.3 is 5.11 Å². The topological polar surface area (TPSA) is 83.1 Å². The van der Waals surface area contributed by atoms with Gasteiger partial charge in [-0.15, -0.1) is 0 Å². The lowest BCUT2D eigenvalue weighted by atomic mass is 9.90. The Morgan fingerprint density at radius 3 is 2.39 bits per heavy atom. The van der Waals surface area contributed by atoms with Crippen molar-refractivity contribution in [1.82, 2.24) is 4.57 Å². The summed E-state index contributed by atoms with van der Waals surface area (Å²) in [5.74, 6) is -1.10. The third-order valence-corrected chi connectivity index (χ3v) is 2.75. The minimum absolute atomic E-state index is 0.0453. The average Bonchev–Trinajstić information content (AvgIpc) is 2.26. The van der Waals surface area contributed by atoms with Crippen molar-refractivity contribution in [3.8, 4) is 6.07 Å². The van der Waals surface area contributed by atoms with Crippen LogP contribution in [-0.4, -0.2) is 15.6 Å². The summed E-state index contributed by atoms with van der Waals surface area (Å²) in [7, 11) is 0. The molecular weight excluding hydrogens is 232 g/mol. The van der Waals surface area contributed by atoms with E-state index in [0.717, 1.165) is 0 Å². The fourth-order valence-corrected chi connectivity index (χ4v) is 1.74. The summed E-state index contributed by atoms with van der Waals surface area (Å²) in [6.45, 7) is 7.09. The van der Waals surface area contributed by atoms with Gasteiger partial charge in [-0.05, 0) is 19.1 Å². The van der Waals surface area contributed by atoms with E-state index in [4.69, 9.17) is 10.4 Å². The number of rotatable bonds is 2. The van der Waals surface area contributed by atoms with Gasteiger partial charge in [-0.2, -0.15) is 5.26 Å². The quantitative estimate of drug-likeness (QED) is 0.862. The number of carboxylic acid groups (broad SMARTS) is 1. The van der Waals surface area contributed by atoms with Gasteiger partial charge in [-0.25, -0.2) is 4.79 Å². The Kier molecular flexibility index (Phi) is 3.61. The monoisotopic (exact) mass is 248 g/mol. The van der Waals surface area contributed by atoms with Gasteiger partial charge in [0.1, 0.15) is 17.7 Å². The normalized spacial score (nSPS) is 12.8. The van der Waals surface area contributed by atoms with E-state index < -0.39 is 17.6 Å². The zero-order valence-corrected chi connectivity index (χ0v) is 10.9. The van der Waals surface area contributed by atoms with E-state index in [2.05, 4.69) is 0 Å². The van der Waals surface area contributed by atoms with Crippen LogP contribution in [-0.2, 0) is 10.2 Å². The Bertz CT molecular complexity index is 573. The molecule has 0 aliphatic carbocycles. The fraction of sp³-hybridized carbons (Fsp3) is 0.462. The van der Waals surface area contributed by atoms with Gasteiger partial charge in [0.25, 0.3) is 5.56 Å². The Balaban J connectivity index is 3.68. The molecule has 1 rings (SSSR count). The van der Waals surface area contributed by atoms with Gasteiger partial charge in [0.2, 0.25) is 0 Å². The molecule has 1 heterocycles. The molecule has 0 aromatic carbocycles. The molecule has 5 heteroatoms. The van der Waals surface area contributed by atoms with Crippen molar-refractivity contribution in [2.75, 3.05) is 0 Å². The summed E-state index contributed by atoms with van der Waals surface area (Å²) in [4.78, 5) is 23.2. The van der Waals surface area contributed by atoms with Gasteiger partial charge in [0, 0.05) is 11.1 Å². The minimum atomic E-state index is -1.10. The predicted octanol–water partition coefficient (Wildman–Crippen LogP) is 1.66.